The van der Waals surface area contributed by atoms with E-state index in [9.17, 15) is 9.59 Å². The smallest absolute Gasteiger partial charge is 0.253 e. The molecule has 1 N–H and O–H groups in total. The summed E-state index contributed by atoms with van der Waals surface area (Å²) in [6.07, 6.45) is 8.22. The van der Waals surface area contributed by atoms with E-state index in [1.54, 1.807) is 0 Å². The van der Waals surface area contributed by atoms with Crippen LogP contribution in [0.3, 0.4) is 0 Å². The largest absolute Gasteiger partial charge is 0.355 e. The van der Waals surface area contributed by atoms with Crippen molar-refractivity contribution >= 4 is 17.6 Å². The van der Waals surface area contributed by atoms with E-state index in [0.29, 0.717) is 30.5 Å². The van der Waals surface area contributed by atoms with Gasteiger partial charge in [0.1, 0.15) is 5.82 Å². The number of carbonyl (C=O) groups excluding carboxylic acids is 2. The maximum absolute atomic E-state index is 13.2. The van der Waals surface area contributed by atoms with E-state index in [1.165, 1.54) is 36.8 Å². The van der Waals surface area contributed by atoms with Gasteiger partial charge in [0.05, 0.1) is 5.92 Å². The minimum absolute atomic E-state index is 0.0774. The van der Waals surface area contributed by atoms with Crippen LogP contribution in [0, 0.1) is 5.92 Å². The zero-order valence-electron chi connectivity index (χ0n) is 20.0. The van der Waals surface area contributed by atoms with Crippen LogP contribution in [0.5, 0.6) is 0 Å². The highest BCUT2D eigenvalue weighted by atomic mass is 16.2. The Kier molecular flexibility index (Phi) is 5.54. The second-order valence-corrected chi connectivity index (χ2v) is 10.5. The second-order valence-electron chi connectivity index (χ2n) is 10.5. The number of aromatic nitrogens is 1. The molecule has 4 fully saturated rings. The molecular formula is C28H34N4O2. The van der Waals surface area contributed by atoms with Crippen LogP contribution in [0.2, 0.25) is 0 Å². The number of hydrogen-bond donors (Lipinski definition) is 1. The fraction of sp³-hybridized carbons (Fsp3) is 0.536. The molecule has 2 aromatic rings. The summed E-state index contributed by atoms with van der Waals surface area (Å²) in [5, 5.41) is 2.98. The van der Waals surface area contributed by atoms with E-state index in [1.807, 2.05) is 29.2 Å². The van der Waals surface area contributed by atoms with Crippen LogP contribution in [-0.2, 0) is 4.79 Å². The van der Waals surface area contributed by atoms with Crippen molar-refractivity contribution in [2.24, 2.45) is 5.92 Å². The Balaban J connectivity index is 1.11. The molecule has 0 bridgehead atoms. The topological polar surface area (TPSA) is 65.5 Å². The van der Waals surface area contributed by atoms with E-state index in [0.717, 1.165) is 43.4 Å². The predicted octanol–water partition coefficient (Wildman–Crippen LogP) is 4.04. The van der Waals surface area contributed by atoms with Gasteiger partial charge < -0.3 is 15.1 Å². The number of nitrogens with zero attached hydrogens (tertiary/aromatic N) is 3. The molecule has 1 aromatic heterocycles. The van der Waals surface area contributed by atoms with Crippen molar-refractivity contribution < 1.29 is 9.59 Å². The average molecular weight is 459 g/mol. The highest BCUT2D eigenvalue weighted by Gasteiger charge is 2.35. The van der Waals surface area contributed by atoms with Gasteiger partial charge in [-0.1, -0.05) is 31.5 Å². The van der Waals surface area contributed by atoms with Gasteiger partial charge in [0.15, 0.2) is 0 Å². The first kappa shape index (κ1) is 21.6. The molecule has 2 amide bonds. The van der Waals surface area contributed by atoms with Crippen LogP contribution in [0.4, 0.5) is 5.82 Å². The fourth-order valence-electron chi connectivity index (χ4n) is 5.70. The van der Waals surface area contributed by atoms with Crippen molar-refractivity contribution in [3.8, 4) is 0 Å². The van der Waals surface area contributed by atoms with Gasteiger partial charge in [0.2, 0.25) is 5.91 Å². The number of hydrogen-bond acceptors (Lipinski definition) is 4. The van der Waals surface area contributed by atoms with Crippen LogP contribution in [0.15, 0.2) is 36.5 Å². The van der Waals surface area contributed by atoms with Crippen LogP contribution in [0.1, 0.15) is 83.8 Å². The molecule has 0 radical (unpaired) electrons. The lowest BCUT2D eigenvalue weighted by Gasteiger charge is -2.36. The van der Waals surface area contributed by atoms with Crippen molar-refractivity contribution in [3.63, 3.8) is 0 Å². The van der Waals surface area contributed by atoms with E-state index in [-0.39, 0.29) is 17.7 Å². The maximum atomic E-state index is 13.2. The van der Waals surface area contributed by atoms with Gasteiger partial charge in [-0.15, -0.1) is 0 Å². The standard InChI is InChI=1S/C28H34N4O2/c1-2-18-16-30-27(33)25(18)21-7-9-22(10-8-21)28(34)32-13-11-31(12-14-32)26-24(20-5-6-20)15-23(17-29-26)19-3-4-19/h7-10,15,17-20,25H,2-6,11-14,16H2,1H3,(H,30,33)/t18?,25-/m1/s1. The lowest BCUT2D eigenvalue weighted by atomic mass is 9.86. The van der Waals surface area contributed by atoms with Crippen molar-refractivity contribution in [2.45, 2.75) is 56.8 Å². The molecule has 2 saturated carbocycles. The number of nitrogens with one attached hydrogen (secondary N) is 1. The highest BCUT2D eigenvalue weighted by molar-refractivity contribution is 5.94. The molecule has 1 aromatic carbocycles. The van der Waals surface area contributed by atoms with Gasteiger partial charge in [-0.3, -0.25) is 9.59 Å². The average Bonchev–Trinajstić information content (AvgIpc) is 3.81. The summed E-state index contributed by atoms with van der Waals surface area (Å²) >= 11 is 0. The van der Waals surface area contributed by atoms with Gasteiger partial charge in [0, 0.05) is 44.5 Å². The highest BCUT2D eigenvalue weighted by Crippen LogP contribution is 2.47. The molecule has 178 valence electrons. The summed E-state index contributed by atoms with van der Waals surface area (Å²) in [5.41, 5.74) is 4.56. The summed E-state index contributed by atoms with van der Waals surface area (Å²) < 4.78 is 0. The third-order valence-electron chi connectivity index (χ3n) is 8.18. The summed E-state index contributed by atoms with van der Waals surface area (Å²) in [4.78, 5) is 34.7. The van der Waals surface area contributed by atoms with Gasteiger partial charge in [-0.2, -0.15) is 0 Å². The van der Waals surface area contributed by atoms with Gasteiger partial charge >= 0.3 is 0 Å². The first-order chi connectivity index (χ1) is 16.6. The van der Waals surface area contributed by atoms with Gasteiger partial charge in [-0.05, 0) is 72.3 Å². The number of anilines is 1. The van der Waals surface area contributed by atoms with E-state index in [2.05, 4.69) is 29.4 Å². The Bertz CT molecular complexity index is 1080. The minimum Gasteiger partial charge on any atom is -0.355 e. The SMILES string of the molecule is CCC1CNC(=O)[C@H]1c1ccc(C(=O)N2CCN(c3ncc(C4CC4)cc3C3CC3)CC2)cc1. The quantitative estimate of drug-likeness (QED) is 0.710. The van der Waals surface area contributed by atoms with Crippen molar-refractivity contribution in [3.05, 3.63) is 58.8 Å². The third-order valence-corrected chi connectivity index (χ3v) is 8.18. The molecule has 2 aliphatic heterocycles. The van der Waals surface area contributed by atoms with Gasteiger partial charge in [0.25, 0.3) is 5.91 Å². The molecule has 2 atom stereocenters. The molecule has 6 nitrogen and oxygen atoms in total. The Morgan fingerprint density at radius 2 is 1.71 bits per heavy atom. The molecule has 1 unspecified atom stereocenters. The minimum atomic E-state index is -0.0998. The normalized spacial score (nSPS) is 24.9. The molecule has 4 aliphatic rings. The molecule has 0 spiro atoms. The Morgan fingerprint density at radius 1 is 1.00 bits per heavy atom. The van der Waals surface area contributed by atoms with Crippen molar-refractivity contribution in [2.75, 3.05) is 37.6 Å². The lowest BCUT2D eigenvalue weighted by Crippen LogP contribution is -2.49. The molecule has 2 saturated heterocycles. The van der Waals surface area contributed by atoms with Gasteiger partial charge in [-0.25, -0.2) is 4.98 Å². The molecule has 2 aliphatic carbocycles. The first-order valence-electron chi connectivity index (χ1n) is 13.0. The molecular weight excluding hydrogens is 424 g/mol. The fourth-order valence-corrected chi connectivity index (χ4v) is 5.70. The number of benzene rings is 1. The van der Waals surface area contributed by atoms with Crippen LogP contribution >= 0.6 is 0 Å². The molecule has 6 heteroatoms. The monoisotopic (exact) mass is 458 g/mol. The van der Waals surface area contributed by atoms with Crippen LogP contribution < -0.4 is 10.2 Å². The molecule has 6 rings (SSSR count). The summed E-state index contributed by atoms with van der Waals surface area (Å²) in [6, 6.07) is 10.1. The molecule has 3 heterocycles. The zero-order valence-corrected chi connectivity index (χ0v) is 20.0. The Hall–Kier alpha value is -2.89. The van der Waals surface area contributed by atoms with E-state index in [4.69, 9.17) is 4.98 Å². The van der Waals surface area contributed by atoms with E-state index < -0.39 is 0 Å². The number of carbonyl (C=O) groups is 2. The summed E-state index contributed by atoms with van der Waals surface area (Å²) in [7, 11) is 0. The summed E-state index contributed by atoms with van der Waals surface area (Å²) in [5.74, 6) is 2.96. The second kappa shape index (κ2) is 8.71. The number of pyridine rings is 1. The number of rotatable bonds is 6. The van der Waals surface area contributed by atoms with Crippen molar-refractivity contribution in [1.29, 1.82) is 0 Å². The number of amides is 2. The lowest BCUT2D eigenvalue weighted by molar-refractivity contribution is -0.120. The first-order valence-corrected chi connectivity index (χ1v) is 13.0. The summed E-state index contributed by atoms with van der Waals surface area (Å²) in [6.45, 7) is 5.92. The van der Waals surface area contributed by atoms with E-state index >= 15 is 0 Å². The predicted molar refractivity (Wildman–Crippen MR) is 132 cm³/mol. The Labute approximate surface area is 201 Å². The third kappa shape index (κ3) is 4.08. The zero-order chi connectivity index (χ0) is 23.2. The van der Waals surface area contributed by atoms with Crippen LogP contribution in [-0.4, -0.2) is 54.4 Å². The number of piperazine rings is 1. The maximum Gasteiger partial charge on any atom is 0.253 e. The Morgan fingerprint density at radius 3 is 2.35 bits per heavy atom. The van der Waals surface area contributed by atoms with Crippen LogP contribution in [0.25, 0.3) is 0 Å². The molecule has 34 heavy (non-hydrogen) atoms. The van der Waals surface area contributed by atoms with Crippen molar-refractivity contribution in [1.82, 2.24) is 15.2 Å².